The maximum Gasteiger partial charge on any atom is 0.269 e. The van der Waals surface area contributed by atoms with Crippen LogP contribution < -0.4 is 10.6 Å². The number of hydrogen-bond donors (Lipinski definition) is 3. The standard InChI is InChI=1S/C18H18FN3O3/c1-20-16(23)18(25)22-10-13-12(17(22)24)6-4-8-15(13)21-9-11-5-2-3-7-14(11)19/h2-8,18,21,25H,9-10H2,1H3,(H,20,23). The summed E-state index contributed by atoms with van der Waals surface area (Å²) in [6, 6.07) is 11.6. The highest BCUT2D eigenvalue weighted by molar-refractivity contribution is 6.02. The lowest BCUT2D eigenvalue weighted by molar-refractivity contribution is -0.136. The van der Waals surface area contributed by atoms with E-state index in [4.69, 9.17) is 0 Å². The lowest BCUT2D eigenvalue weighted by atomic mass is 10.1. The van der Waals surface area contributed by atoms with Crippen molar-refractivity contribution in [2.45, 2.75) is 19.3 Å². The highest BCUT2D eigenvalue weighted by Gasteiger charge is 2.36. The minimum atomic E-state index is -1.55. The molecule has 25 heavy (non-hydrogen) atoms. The fraction of sp³-hybridized carbons (Fsp3) is 0.222. The maximum absolute atomic E-state index is 13.7. The third-order valence-electron chi connectivity index (χ3n) is 4.20. The summed E-state index contributed by atoms with van der Waals surface area (Å²) in [5.74, 6) is -1.38. The summed E-state index contributed by atoms with van der Waals surface area (Å²) in [5, 5.41) is 15.5. The Labute approximate surface area is 144 Å². The van der Waals surface area contributed by atoms with E-state index in [1.54, 1.807) is 36.4 Å². The van der Waals surface area contributed by atoms with Crippen molar-refractivity contribution in [2.24, 2.45) is 0 Å². The van der Waals surface area contributed by atoms with E-state index in [0.717, 1.165) is 4.90 Å². The highest BCUT2D eigenvalue weighted by atomic mass is 19.1. The third kappa shape index (κ3) is 3.18. The molecule has 7 heteroatoms. The first kappa shape index (κ1) is 16.9. The molecule has 0 saturated heterocycles. The van der Waals surface area contributed by atoms with Crippen LogP contribution in [0.15, 0.2) is 42.5 Å². The van der Waals surface area contributed by atoms with E-state index >= 15 is 0 Å². The number of anilines is 1. The quantitative estimate of drug-likeness (QED) is 0.768. The second-order valence-electron chi connectivity index (χ2n) is 5.70. The first-order valence-corrected chi connectivity index (χ1v) is 7.82. The minimum absolute atomic E-state index is 0.100. The fourth-order valence-corrected chi connectivity index (χ4v) is 2.82. The smallest absolute Gasteiger partial charge is 0.269 e. The SMILES string of the molecule is CNC(=O)C(O)N1Cc2c(NCc3ccccc3F)cccc2C1=O. The van der Waals surface area contributed by atoms with Crippen molar-refractivity contribution in [1.82, 2.24) is 10.2 Å². The van der Waals surface area contributed by atoms with Gasteiger partial charge in [-0.2, -0.15) is 0 Å². The van der Waals surface area contributed by atoms with Crippen LogP contribution in [0, 0.1) is 5.82 Å². The van der Waals surface area contributed by atoms with E-state index in [9.17, 15) is 19.1 Å². The predicted octanol–water partition coefficient (Wildman–Crippen LogP) is 1.46. The molecule has 0 spiro atoms. The van der Waals surface area contributed by atoms with Crippen LogP contribution in [0.25, 0.3) is 0 Å². The van der Waals surface area contributed by atoms with Gasteiger partial charge in [-0.3, -0.25) is 9.59 Å². The van der Waals surface area contributed by atoms with Crippen LogP contribution in [-0.4, -0.2) is 35.1 Å². The van der Waals surface area contributed by atoms with Gasteiger partial charge in [0, 0.05) is 36.0 Å². The Bertz CT molecular complexity index is 825. The molecule has 0 aromatic heterocycles. The number of benzene rings is 2. The zero-order chi connectivity index (χ0) is 18.0. The van der Waals surface area contributed by atoms with E-state index in [1.165, 1.54) is 13.1 Å². The topological polar surface area (TPSA) is 81.7 Å². The maximum atomic E-state index is 13.7. The van der Waals surface area contributed by atoms with Crippen molar-refractivity contribution < 1.29 is 19.1 Å². The van der Waals surface area contributed by atoms with Crippen molar-refractivity contribution in [3.63, 3.8) is 0 Å². The summed E-state index contributed by atoms with van der Waals surface area (Å²) in [6.07, 6.45) is -1.55. The van der Waals surface area contributed by atoms with Gasteiger partial charge in [0.15, 0.2) is 0 Å². The number of aliphatic hydroxyl groups is 1. The zero-order valence-electron chi connectivity index (χ0n) is 13.6. The Morgan fingerprint density at radius 3 is 2.76 bits per heavy atom. The van der Waals surface area contributed by atoms with E-state index in [1.807, 2.05) is 0 Å². The molecule has 2 aromatic rings. The Hall–Kier alpha value is -2.93. The summed E-state index contributed by atoms with van der Waals surface area (Å²) in [6.45, 7) is 0.360. The Kier molecular flexibility index (Phi) is 4.67. The molecule has 0 aliphatic carbocycles. The lowest BCUT2D eigenvalue weighted by Gasteiger charge is -2.21. The van der Waals surface area contributed by atoms with Gasteiger partial charge in [0.2, 0.25) is 6.23 Å². The second kappa shape index (κ2) is 6.90. The number of carbonyl (C=O) groups excluding carboxylic acids is 2. The molecule has 1 aliphatic heterocycles. The molecule has 0 radical (unpaired) electrons. The first-order chi connectivity index (χ1) is 12.0. The van der Waals surface area contributed by atoms with Crippen LogP contribution in [0.2, 0.25) is 0 Å². The van der Waals surface area contributed by atoms with E-state index in [0.29, 0.717) is 22.4 Å². The van der Waals surface area contributed by atoms with Gasteiger partial charge in [-0.05, 0) is 18.2 Å². The molecule has 1 atom stereocenters. The van der Waals surface area contributed by atoms with Gasteiger partial charge in [-0.15, -0.1) is 0 Å². The van der Waals surface area contributed by atoms with Gasteiger partial charge in [0.1, 0.15) is 5.82 Å². The Morgan fingerprint density at radius 2 is 2.04 bits per heavy atom. The van der Waals surface area contributed by atoms with Crippen LogP contribution in [-0.2, 0) is 17.9 Å². The largest absolute Gasteiger partial charge is 0.381 e. The lowest BCUT2D eigenvalue weighted by Crippen LogP contribution is -2.45. The summed E-state index contributed by atoms with van der Waals surface area (Å²) in [7, 11) is 1.39. The van der Waals surface area contributed by atoms with Crippen molar-refractivity contribution in [1.29, 1.82) is 0 Å². The number of rotatable bonds is 5. The van der Waals surface area contributed by atoms with E-state index < -0.39 is 18.0 Å². The molecule has 1 heterocycles. The summed E-state index contributed by atoms with van der Waals surface area (Å²) in [4.78, 5) is 25.1. The van der Waals surface area contributed by atoms with E-state index in [2.05, 4.69) is 10.6 Å². The summed E-state index contributed by atoms with van der Waals surface area (Å²) >= 11 is 0. The average molecular weight is 343 g/mol. The molecule has 0 saturated carbocycles. The van der Waals surface area contributed by atoms with Crippen molar-refractivity contribution >= 4 is 17.5 Å². The van der Waals surface area contributed by atoms with Crippen molar-refractivity contribution in [2.75, 3.05) is 12.4 Å². The number of likely N-dealkylation sites (N-methyl/N-ethyl adjacent to an activating group) is 1. The molecule has 3 N–H and O–H groups in total. The molecular weight excluding hydrogens is 325 g/mol. The number of hydrogen-bond acceptors (Lipinski definition) is 4. The Balaban J connectivity index is 1.81. The third-order valence-corrected chi connectivity index (χ3v) is 4.20. The van der Waals surface area contributed by atoms with Gasteiger partial charge < -0.3 is 20.6 Å². The molecule has 3 rings (SSSR count). The number of nitrogens with zero attached hydrogens (tertiary/aromatic N) is 1. The van der Waals surface area contributed by atoms with Crippen molar-refractivity contribution in [3.8, 4) is 0 Å². The molecular formula is C18H18FN3O3. The molecule has 0 bridgehead atoms. The van der Waals surface area contributed by atoms with Gasteiger partial charge >= 0.3 is 0 Å². The molecule has 6 nitrogen and oxygen atoms in total. The van der Waals surface area contributed by atoms with Gasteiger partial charge in [-0.25, -0.2) is 4.39 Å². The zero-order valence-corrected chi connectivity index (χ0v) is 13.6. The summed E-state index contributed by atoms with van der Waals surface area (Å²) < 4.78 is 13.7. The number of amides is 2. The number of fused-ring (bicyclic) bond motifs is 1. The average Bonchev–Trinajstić information content (AvgIpc) is 2.97. The number of carbonyl (C=O) groups is 2. The minimum Gasteiger partial charge on any atom is -0.381 e. The summed E-state index contributed by atoms with van der Waals surface area (Å²) in [5.41, 5.74) is 2.26. The van der Waals surface area contributed by atoms with Crippen LogP contribution in [0.5, 0.6) is 0 Å². The molecule has 1 aliphatic rings. The number of aliphatic hydroxyl groups excluding tert-OH is 1. The van der Waals surface area contributed by atoms with E-state index in [-0.39, 0.29) is 18.9 Å². The molecule has 0 fully saturated rings. The second-order valence-corrected chi connectivity index (χ2v) is 5.70. The van der Waals surface area contributed by atoms with Gasteiger partial charge in [0.25, 0.3) is 11.8 Å². The highest BCUT2D eigenvalue weighted by Crippen LogP contribution is 2.30. The van der Waals surface area contributed by atoms with Gasteiger partial charge in [-0.1, -0.05) is 24.3 Å². The molecule has 130 valence electrons. The number of halogens is 1. The van der Waals surface area contributed by atoms with Gasteiger partial charge in [0.05, 0.1) is 6.54 Å². The van der Waals surface area contributed by atoms with Crippen LogP contribution >= 0.6 is 0 Å². The van der Waals surface area contributed by atoms with Crippen LogP contribution in [0.1, 0.15) is 21.5 Å². The van der Waals surface area contributed by atoms with Crippen LogP contribution in [0.3, 0.4) is 0 Å². The number of nitrogens with one attached hydrogen (secondary N) is 2. The normalized spacial score (nSPS) is 14.2. The first-order valence-electron chi connectivity index (χ1n) is 7.82. The Morgan fingerprint density at radius 1 is 1.28 bits per heavy atom. The van der Waals surface area contributed by atoms with Crippen molar-refractivity contribution in [3.05, 3.63) is 65.0 Å². The van der Waals surface area contributed by atoms with Crippen LogP contribution in [0.4, 0.5) is 10.1 Å². The molecule has 2 amide bonds. The fourth-order valence-electron chi connectivity index (χ4n) is 2.82. The monoisotopic (exact) mass is 343 g/mol. The predicted molar refractivity (Wildman–Crippen MR) is 90.1 cm³/mol. The molecule has 2 aromatic carbocycles. The molecule has 1 unspecified atom stereocenters.